The molecule has 0 saturated carbocycles. The Kier molecular flexibility index (Phi) is 4.61. The van der Waals surface area contributed by atoms with Crippen molar-refractivity contribution in [1.82, 2.24) is 24.6 Å². The predicted octanol–water partition coefficient (Wildman–Crippen LogP) is 1.74. The molecule has 1 fully saturated rings. The zero-order valence-electron chi connectivity index (χ0n) is 14.8. The number of aryl methyl sites for hydroxylation is 3. The largest absolute Gasteiger partial charge is 0.297 e. The zero-order chi connectivity index (χ0) is 17.2. The summed E-state index contributed by atoms with van der Waals surface area (Å²) in [6.07, 6.45) is 8.87. The number of rotatable bonds is 4. The molecule has 0 N–H and O–H groups in total. The summed E-state index contributed by atoms with van der Waals surface area (Å²) in [5.74, 6) is 0.531. The maximum absolute atomic E-state index is 12.3. The Bertz CT molecular complexity index is 808. The van der Waals surface area contributed by atoms with Crippen LogP contribution in [0.3, 0.4) is 0 Å². The van der Waals surface area contributed by atoms with E-state index in [9.17, 15) is 4.79 Å². The number of aromatic nitrogens is 4. The third kappa shape index (κ3) is 3.63. The first-order valence-electron chi connectivity index (χ1n) is 9.28. The van der Waals surface area contributed by atoms with Gasteiger partial charge in [0.15, 0.2) is 0 Å². The van der Waals surface area contributed by atoms with Crippen molar-refractivity contribution in [3.05, 3.63) is 51.5 Å². The van der Waals surface area contributed by atoms with Crippen LogP contribution < -0.4 is 5.56 Å². The number of fused-ring (bicyclic) bond motifs is 1. The predicted molar refractivity (Wildman–Crippen MR) is 95.3 cm³/mol. The zero-order valence-corrected chi connectivity index (χ0v) is 14.8. The van der Waals surface area contributed by atoms with E-state index < -0.39 is 0 Å². The minimum Gasteiger partial charge on any atom is -0.297 e. The van der Waals surface area contributed by atoms with Crippen molar-refractivity contribution in [2.75, 3.05) is 13.1 Å². The molecule has 25 heavy (non-hydrogen) atoms. The molecule has 2 aromatic heterocycles. The van der Waals surface area contributed by atoms with Gasteiger partial charge in [-0.15, -0.1) is 0 Å². The van der Waals surface area contributed by atoms with Crippen LogP contribution in [0.25, 0.3) is 0 Å². The summed E-state index contributed by atoms with van der Waals surface area (Å²) in [6, 6.07) is 1.81. The van der Waals surface area contributed by atoms with Gasteiger partial charge in [0.1, 0.15) is 0 Å². The van der Waals surface area contributed by atoms with Crippen LogP contribution >= 0.6 is 0 Å². The van der Waals surface area contributed by atoms with Gasteiger partial charge in [-0.1, -0.05) is 0 Å². The first-order chi connectivity index (χ1) is 12.2. The molecule has 2 aliphatic rings. The number of hydrogen-bond acceptors (Lipinski definition) is 5. The lowest BCUT2D eigenvalue weighted by Crippen LogP contribution is -2.37. The molecule has 0 bridgehead atoms. The molecule has 0 unspecified atom stereocenters. The molecule has 1 saturated heterocycles. The molecule has 6 nitrogen and oxygen atoms in total. The highest BCUT2D eigenvalue weighted by molar-refractivity contribution is 5.22. The Morgan fingerprint density at radius 1 is 1.16 bits per heavy atom. The normalized spacial score (nSPS) is 18.4. The molecule has 0 aromatic carbocycles. The Labute approximate surface area is 147 Å². The Balaban J connectivity index is 1.35. The average Bonchev–Trinajstić information content (AvgIpc) is 3.06. The molecule has 4 rings (SSSR count). The molecule has 1 aliphatic carbocycles. The fourth-order valence-corrected chi connectivity index (χ4v) is 3.95. The first-order valence-corrected chi connectivity index (χ1v) is 9.28. The van der Waals surface area contributed by atoms with Crippen molar-refractivity contribution in [3.8, 4) is 0 Å². The molecule has 6 heteroatoms. The maximum atomic E-state index is 12.3. The van der Waals surface area contributed by atoms with E-state index >= 15 is 0 Å². The Morgan fingerprint density at radius 2 is 1.96 bits per heavy atom. The number of hydrogen-bond donors (Lipinski definition) is 0. The van der Waals surface area contributed by atoms with Crippen molar-refractivity contribution >= 4 is 0 Å². The van der Waals surface area contributed by atoms with Gasteiger partial charge >= 0.3 is 0 Å². The van der Waals surface area contributed by atoms with Crippen LogP contribution in [0.4, 0.5) is 0 Å². The van der Waals surface area contributed by atoms with Crippen molar-refractivity contribution in [1.29, 1.82) is 0 Å². The van der Waals surface area contributed by atoms with Gasteiger partial charge in [-0.05, 0) is 63.6 Å². The smallest absolute Gasteiger partial charge is 0.267 e. The van der Waals surface area contributed by atoms with Gasteiger partial charge < -0.3 is 0 Å². The molecule has 0 spiro atoms. The van der Waals surface area contributed by atoms with E-state index in [4.69, 9.17) is 0 Å². The molecular weight excluding hydrogens is 314 g/mol. The van der Waals surface area contributed by atoms with E-state index in [2.05, 4.69) is 20.0 Å². The van der Waals surface area contributed by atoms with Gasteiger partial charge in [0.05, 0.1) is 17.1 Å². The molecule has 0 amide bonds. The highest BCUT2D eigenvalue weighted by Gasteiger charge is 2.22. The third-order valence-corrected chi connectivity index (χ3v) is 5.52. The van der Waals surface area contributed by atoms with Gasteiger partial charge in [0.2, 0.25) is 0 Å². The van der Waals surface area contributed by atoms with Crippen molar-refractivity contribution in [2.45, 2.75) is 52.1 Å². The fraction of sp³-hybridized carbons (Fsp3) is 0.579. The van der Waals surface area contributed by atoms with Gasteiger partial charge in [-0.25, -0.2) is 4.68 Å². The molecule has 1 aliphatic heterocycles. The lowest BCUT2D eigenvalue weighted by molar-refractivity contribution is 0.161. The van der Waals surface area contributed by atoms with Crippen LogP contribution in [-0.2, 0) is 25.9 Å². The molecule has 2 aromatic rings. The monoisotopic (exact) mass is 339 g/mol. The minimum absolute atomic E-state index is 0.0678. The number of likely N-dealkylation sites (tertiary alicyclic amines) is 1. The van der Waals surface area contributed by atoms with Gasteiger partial charge in [-0.2, -0.15) is 5.10 Å². The molecule has 3 heterocycles. The maximum Gasteiger partial charge on any atom is 0.267 e. The van der Waals surface area contributed by atoms with Crippen LogP contribution in [0.5, 0.6) is 0 Å². The van der Waals surface area contributed by atoms with E-state index in [0.29, 0.717) is 5.92 Å². The number of nitrogens with zero attached hydrogens (tertiary/aromatic N) is 5. The fourth-order valence-electron chi connectivity index (χ4n) is 3.95. The van der Waals surface area contributed by atoms with Crippen molar-refractivity contribution in [2.24, 2.45) is 5.92 Å². The quantitative estimate of drug-likeness (QED) is 0.849. The summed E-state index contributed by atoms with van der Waals surface area (Å²) in [5.41, 5.74) is 4.44. The van der Waals surface area contributed by atoms with Gasteiger partial charge in [0, 0.05) is 31.5 Å². The number of piperidine rings is 1. The second-order valence-electron chi connectivity index (χ2n) is 7.30. The summed E-state index contributed by atoms with van der Waals surface area (Å²) >= 11 is 0. The van der Waals surface area contributed by atoms with E-state index in [1.165, 1.54) is 0 Å². The van der Waals surface area contributed by atoms with Crippen LogP contribution in [-0.4, -0.2) is 37.7 Å². The van der Waals surface area contributed by atoms with Crippen molar-refractivity contribution in [3.63, 3.8) is 0 Å². The van der Waals surface area contributed by atoms with E-state index in [-0.39, 0.29) is 5.56 Å². The Morgan fingerprint density at radius 3 is 2.76 bits per heavy atom. The summed E-state index contributed by atoms with van der Waals surface area (Å²) < 4.78 is 1.71. The highest BCUT2D eigenvalue weighted by Crippen LogP contribution is 2.21. The average molecular weight is 339 g/mol. The summed E-state index contributed by atoms with van der Waals surface area (Å²) in [5, 5.41) is 4.62. The second kappa shape index (κ2) is 7.04. The van der Waals surface area contributed by atoms with Crippen LogP contribution in [0.2, 0.25) is 0 Å². The summed E-state index contributed by atoms with van der Waals surface area (Å²) in [6.45, 7) is 5.72. The summed E-state index contributed by atoms with van der Waals surface area (Å²) in [7, 11) is 0. The van der Waals surface area contributed by atoms with Crippen LogP contribution in [0, 0.1) is 12.8 Å². The van der Waals surface area contributed by atoms with E-state index in [0.717, 1.165) is 80.9 Å². The minimum atomic E-state index is 0.0678. The molecular formula is C19H25N5O. The highest BCUT2D eigenvalue weighted by atomic mass is 16.1. The topological polar surface area (TPSA) is 63.9 Å². The van der Waals surface area contributed by atoms with Gasteiger partial charge in [0.25, 0.3) is 5.56 Å². The molecule has 0 radical (unpaired) electrons. The van der Waals surface area contributed by atoms with Crippen LogP contribution in [0.15, 0.2) is 23.3 Å². The molecule has 0 atom stereocenters. The SMILES string of the molecule is Cc1nccnc1CN1CCC(Cn2nc3c(cc2=O)CCC3)CC1. The van der Waals surface area contributed by atoms with E-state index in [1.54, 1.807) is 23.1 Å². The van der Waals surface area contributed by atoms with E-state index in [1.807, 2.05) is 6.92 Å². The lowest BCUT2D eigenvalue weighted by atomic mass is 9.96. The standard InChI is InChI=1S/C19H25N5O/c1-14-18(21-8-7-20-14)13-23-9-5-15(6-10-23)12-24-19(25)11-16-3-2-4-17(16)22-24/h7-8,11,15H,2-6,9-10,12-13H2,1H3. The third-order valence-electron chi connectivity index (χ3n) is 5.52. The first kappa shape index (κ1) is 16.4. The lowest BCUT2D eigenvalue weighted by Gasteiger charge is -2.31. The summed E-state index contributed by atoms with van der Waals surface area (Å²) in [4.78, 5) is 23.5. The van der Waals surface area contributed by atoms with Crippen molar-refractivity contribution < 1.29 is 0 Å². The Hall–Kier alpha value is -2.08. The van der Waals surface area contributed by atoms with Crippen LogP contribution in [0.1, 0.15) is 41.9 Å². The van der Waals surface area contributed by atoms with Gasteiger partial charge in [-0.3, -0.25) is 19.7 Å². The second-order valence-corrected chi connectivity index (χ2v) is 7.30. The molecule has 132 valence electrons.